The van der Waals surface area contributed by atoms with E-state index in [9.17, 15) is 10.1 Å². The molecule has 19 heavy (non-hydrogen) atoms. The molecule has 0 aromatic heterocycles. The van der Waals surface area contributed by atoms with Gasteiger partial charge in [0.05, 0.1) is 11.3 Å². The highest BCUT2D eigenvalue weighted by atomic mass is 32.2. The molecule has 2 rings (SSSR count). The Morgan fingerprint density at radius 3 is 2.84 bits per heavy atom. The second-order valence-electron chi connectivity index (χ2n) is 4.68. The van der Waals surface area contributed by atoms with Gasteiger partial charge in [-0.3, -0.25) is 4.79 Å². The van der Waals surface area contributed by atoms with Crippen LogP contribution in [0, 0.1) is 17.2 Å². The normalized spacial score (nSPS) is 13.9. The number of nitriles is 1. The van der Waals surface area contributed by atoms with Crippen molar-refractivity contribution in [3.8, 4) is 6.07 Å². The Balaban J connectivity index is 2.34. The van der Waals surface area contributed by atoms with Crippen molar-refractivity contribution in [2.24, 2.45) is 5.92 Å². The van der Waals surface area contributed by atoms with Crippen LogP contribution in [0.2, 0.25) is 0 Å². The van der Waals surface area contributed by atoms with Gasteiger partial charge >= 0.3 is 5.97 Å². The number of rotatable bonds is 6. The van der Waals surface area contributed by atoms with Crippen molar-refractivity contribution in [2.45, 2.75) is 17.7 Å². The Hall–Kier alpha value is -1.67. The second-order valence-corrected chi connectivity index (χ2v) is 5.53. The number of aliphatic carboxylic acids is 1. The molecule has 0 atom stereocenters. The minimum Gasteiger partial charge on any atom is -0.480 e. The van der Waals surface area contributed by atoms with E-state index in [1.54, 1.807) is 0 Å². The van der Waals surface area contributed by atoms with Crippen LogP contribution in [0.3, 0.4) is 0 Å². The molecule has 0 radical (unpaired) electrons. The summed E-state index contributed by atoms with van der Waals surface area (Å²) in [6.45, 7) is 0.668. The SMILES string of the molecule is CSc1cccc(N(CC(=O)O)CC2CC2)c1C#N. The molecular formula is C14H16N2O2S. The van der Waals surface area contributed by atoms with Gasteiger partial charge in [0.1, 0.15) is 12.6 Å². The molecule has 0 saturated heterocycles. The maximum absolute atomic E-state index is 11.0. The Bertz CT molecular complexity index is 521. The molecule has 1 fully saturated rings. The van der Waals surface area contributed by atoms with Crippen LogP contribution >= 0.6 is 11.8 Å². The van der Waals surface area contributed by atoms with Crippen LogP contribution in [0.1, 0.15) is 18.4 Å². The Morgan fingerprint density at radius 1 is 1.58 bits per heavy atom. The minimum atomic E-state index is -0.862. The van der Waals surface area contributed by atoms with Crippen molar-refractivity contribution in [1.82, 2.24) is 0 Å². The van der Waals surface area contributed by atoms with Gasteiger partial charge in [0.15, 0.2) is 0 Å². The van der Waals surface area contributed by atoms with Gasteiger partial charge in [0.25, 0.3) is 0 Å². The zero-order valence-electron chi connectivity index (χ0n) is 10.8. The highest BCUT2D eigenvalue weighted by Crippen LogP contribution is 2.34. The molecule has 1 aliphatic carbocycles. The molecule has 0 amide bonds. The lowest BCUT2D eigenvalue weighted by Gasteiger charge is -2.24. The predicted octanol–water partition coefficient (Wildman–Crippen LogP) is 2.58. The number of benzene rings is 1. The van der Waals surface area contributed by atoms with E-state index >= 15 is 0 Å². The molecule has 4 nitrogen and oxygen atoms in total. The highest BCUT2D eigenvalue weighted by molar-refractivity contribution is 7.98. The average Bonchev–Trinajstić information content (AvgIpc) is 3.20. The van der Waals surface area contributed by atoms with E-state index in [1.165, 1.54) is 11.8 Å². The third-order valence-electron chi connectivity index (χ3n) is 3.18. The summed E-state index contributed by atoms with van der Waals surface area (Å²) < 4.78 is 0. The summed E-state index contributed by atoms with van der Waals surface area (Å²) in [5, 5.41) is 18.4. The third-order valence-corrected chi connectivity index (χ3v) is 3.96. The van der Waals surface area contributed by atoms with E-state index in [0.29, 0.717) is 11.5 Å². The first kappa shape index (κ1) is 13.8. The number of carboxylic acids is 1. The third kappa shape index (κ3) is 3.42. The second kappa shape index (κ2) is 5.98. The van der Waals surface area contributed by atoms with Crippen LogP contribution in [0.4, 0.5) is 5.69 Å². The van der Waals surface area contributed by atoms with E-state index in [0.717, 1.165) is 30.0 Å². The molecule has 1 aliphatic rings. The van der Waals surface area contributed by atoms with Crippen molar-refractivity contribution in [2.75, 3.05) is 24.2 Å². The van der Waals surface area contributed by atoms with Gasteiger partial charge in [-0.15, -0.1) is 11.8 Å². The van der Waals surface area contributed by atoms with Gasteiger partial charge in [-0.25, -0.2) is 0 Å². The first-order valence-corrected chi connectivity index (χ1v) is 7.42. The van der Waals surface area contributed by atoms with Gasteiger partial charge < -0.3 is 10.0 Å². The summed E-state index contributed by atoms with van der Waals surface area (Å²) in [6, 6.07) is 7.81. The first-order chi connectivity index (χ1) is 9.15. The van der Waals surface area contributed by atoms with Crippen molar-refractivity contribution in [1.29, 1.82) is 5.26 Å². The number of anilines is 1. The van der Waals surface area contributed by atoms with E-state index in [-0.39, 0.29) is 6.54 Å². The summed E-state index contributed by atoms with van der Waals surface area (Å²) in [5.41, 5.74) is 1.32. The number of carbonyl (C=O) groups is 1. The zero-order chi connectivity index (χ0) is 13.8. The minimum absolute atomic E-state index is 0.0526. The molecule has 1 aromatic rings. The van der Waals surface area contributed by atoms with Crippen LogP contribution in [0.15, 0.2) is 23.1 Å². The van der Waals surface area contributed by atoms with Gasteiger partial charge in [-0.1, -0.05) is 6.07 Å². The monoisotopic (exact) mass is 276 g/mol. The van der Waals surface area contributed by atoms with Crippen LogP contribution in [0.5, 0.6) is 0 Å². The summed E-state index contributed by atoms with van der Waals surface area (Å²) in [6.07, 6.45) is 4.23. The standard InChI is InChI=1S/C14H16N2O2S/c1-19-13-4-2-3-12(11(13)7-15)16(9-14(17)18)8-10-5-6-10/h2-4,10H,5-6,8-9H2,1H3,(H,17,18). The first-order valence-electron chi connectivity index (χ1n) is 6.19. The summed E-state index contributed by atoms with van der Waals surface area (Å²) in [4.78, 5) is 13.7. The fraction of sp³-hybridized carbons (Fsp3) is 0.429. The van der Waals surface area contributed by atoms with Crippen LogP contribution in [-0.4, -0.2) is 30.4 Å². The molecule has 0 heterocycles. The van der Waals surface area contributed by atoms with E-state index in [4.69, 9.17) is 5.11 Å². The average molecular weight is 276 g/mol. The lowest BCUT2D eigenvalue weighted by molar-refractivity contribution is -0.135. The maximum Gasteiger partial charge on any atom is 0.323 e. The lowest BCUT2D eigenvalue weighted by Crippen LogP contribution is -2.32. The molecule has 1 N–H and O–H groups in total. The van der Waals surface area contributed by atoms with Gasteiger partial charge in [0, 0.05) is 11.4 Å². The molecule has 0 aliphatic heterocycles. The Kier molecular flexibility index (Phi) is 4.33. The van der Waals surface area contributed by atoms with Gasteiger partial charge in [-0.05, 0) is 37.1 Å². The fourth-order valence-corrected chi connectivity index (χ4v) is 2.66. The maximum atomic E-state index is 11.0. The number of carboxylic acid groups (broad SMARTS) is 1. The largest absolute Gasteiger partial charge is 0.480 e. The number of hydrogen-bond acceptors (Lipinski definition) is 4. The molecular weight excluding hydrogens is 260 g/mol. The van der Waals surface area contributed by atoms with E-state index in [1.807, 2.05) is 29.4 Å². The van der Waals surface area contributed by atoms with E-state index in [2.05, 4.69) is 6.07 Å². The van der Waals surface area contributed by atoms with Crippen molar-refractivity contribution >= 4 is 23.4 Å². The number of hydrogen-bond donors (Lipinski definition) is 1. The molecule has 0 unspecified atom stereocenters. The lowest BCUT2D eigenvalue weighted by atomic mass is 10.1. The fourth-order valence-electron chi connectivity index (χ4n) is 2.09. The molecule has 0 bridgehead atoms. The molecule has 0 spiro atoms. The highest BCUT2D eigenvalue weighted by Gasteiger charge is 2.27. The van der Waals surface area contributed by atoms with Crippen molar-refractivity contribution < 1.29 is 9.90 Å². The summed E-state index contributed by atoms with van der Waals surface area (Å²) in [7, 11) is 0. The number of thioether (sulfide) groups is 1. The molecule has 5 heteroatoms. The zero-order valence-corrected chi connectivity index (χ0v) is 11.6. The molecule has 1 aromatic carbocycles. The van der Waals surface area contributed by atoms with Crippen LogP contribution in [-0.2, 0) is 4.79 Å². The predicted molar refractivity (Wildman–Crippen MR) is 75.5 cm³/mol. The van der Waals surface area contributed by atoms with Crippen LogP contribution < -0.4 is 4.90 Å². The quantitative estimate of drug-likeness (QED) is 0.809. The number of nitrogens with zero attached hydrogens (tertiary/aromatic N) is 2. The molecule has 1 saturated carbocycles. The van der Waals surface area contributed by atoms with Gasteiger partial charge in [-0.2, -0.15) is 5.26 Å². The van der Waals surface area contributed by atoms with Crippen molar-refractivity contribution in [3.05, 3.63) is 23.8 Å². The Labute approximate surface area is 117 Å². The molecule has 100 valence electrons. The van der Waals surface area contributed by atoms with Crippen molar-refractivity contribution in [3.63, 3.8) is 0 Å². The smallest absolute Gasteiger partial charge is 0.323 e. The van der Waals surface area contributed by atoms with E-state index < -0.39 is 5.97 Å². The summed E-state index contributed by atoms with van der Waals surface area (Å²) in [5.74, 6) is -0.289. The Morgan fingerprint density at radius 2 is 2.32 bits per heavy atom. The summed E-state index contributed by atoms with van der Waals surface area (Å²) >= 11 is 1.51. The van der Waals surface area contributed by atoms with Gasteiger partial charge in [0.2, 0.25) is 0 Å². The van der Waals surface area contributed by atoms with Crippen LogP contribution in [0.25, 0.3) is 0 Å². The topological polar surface area (TPSA) is 64.3 Å².